The van der Waals surface area contributed by atoms with E-state index in [1.807, 2.05) is 0 Å². The maximum absolute atomic E-state index is 15.9. The number of nitrogens with zero attached hydrogens (tertiary/aromatic N) is 9. The lowest BCUT2D eigenvalue weighted by Gasteiger charge is -2.25. The van der Waals surface area contributed by atoms with Crippen molar-refractivity contribution in [3.05, 3.63) is 16.7 Å². The highest BCUT2D eigenvalue weighted by atomic mass is 32.5. The van der Waals surface area contributed by atoms with E-state index in [1.165, 1.54) is 0 Å². The van der Waals surface area contributed by atoms with Gasteiger partial charge in [-0.25, -0.2) is 18.7 Å². The Morgan fingerprint density at radius 1 is 1.02 bits per heavy atom. The van der Waals surface area contributed by atoms with Crippen molar-refractivity contribution < 1.29 is 46.5 Å². The van der Waals surface area contributed by atoms with Crippen molar-refractivity contribution in [3.63, 3.8) is 0 Å². The zero-order valence-electron chi connectivity index (χ0n) is 22.2. The number of fused-ring (bicyclic) bond motifs is 2. The minimum absolute atomic E-state index is 0.00541. The number of rotatable bonds is 10. The summed E-state index contributed by atoms with van der Waals surface area (Å²) in [5, 5.41) is 15.2. The molecule has 4 aromatic rings. The first-order chi connectivity index (χ1) is 21.2. The SMILES string of the molecule is Nc1nc2c(nnn2[C@H]2C[C@@H](F)[C@@H](COP(O)(=S)OC3[C@@H](COP(O)(O)=S)O[C@@H](n4nnc5c(N)ncnc54)[C@H]3F)O2)c(=O)[nH]1. The van der Waals surface area contributed by atoms with Crippen LogP contribution >= 0.6 is 13.4 Å². The van der Waals surface area contributed by atoms with Gasteiger partial charge >= 0.3 is 13.4 Å². The first-order valence-electron chi connectivity index (χ1n) is 12.6. The average molecular weight is 715 g/mol. The fourth-order valence-corrected chi connectivity index (χ4v) is 6.63. The fraction of sp³-hybridized carbons (Fsp3) is 0.556. The predicted molar refractivity (Wildman–Crippen MR) is 152 cm³/mol. The summed E-state index contributed by atoms with van der Waals surface area (Å²) >= 11 is 9.51. The van der Waals surface area contributed by atoms with Crippen molar-refractivity contribution in [2.75, 3.05) is 24.7 Å². The molecule has 0 spiro atoms. The summed E-state index contributed by atoms with van der Waals surface area (Å²) in [4.78, 5) is 55.9. The quantitative estimate of drug-likeness (QED) is 0.103. The van der Waals surface area contributed by atoms with Crippen LogP contribution in [0.25, 0.3) is 22.3 Å². The number of nitrogens with two attached hydrogens (primary N) is 2. The molecule has 0 aromatic carbocycles. The van der Waals surface area contributed by atoms with Gasteiger partial charge in [-0.05, 0) is 23.6 Å². The highest BCUT2D eigenvalue weighted by molar-refractivity contribution is 8.07. The Morgan fingerprint density at radius 3 is 2.49 bits per heavy atom. The molecule has 27 heteroatoms. The van der Waals surface area contributed by atoms with Gasteiger partial charge in [0.1, 0.15) is 30.8 Å². The largest absolute Gasteiger partial charge is 0.382 e. The van der Waals surface area contributed by atoms with Gasteiger partial charge in [0.05, 0.1) is 13.2 Å². The molecule has 2 aliphatic heterocycles. The van der Waals surface area contributed by atoms with Crippen LogP contribution in [0.2, 0.25) is 0 Å². The monoisotopic (exact) mass is 714 g/mol. The van der Waals surface area contributed by atoms with Crippen molar-refractivity contribution in [1.29, 1.82) is 0 Å². The summed E-state index contributed by atoms with van der Waals surface area (Å²) in [7, 11) is 0. The number of ether oxygens (including phenoxy) is 2. The lowest BCUT2D eigenvalue weighted by Crippen LogP contribution is -2.34. The minimum Gasteiger partial charge on any atom is -0.382 e. The second-order valence-corrected chi connectivity index (χ2v) is 15.1. The Bertz CT molecular complexity index is 1900. The molecule has 8 N–H and O–H groups in total. The lowest BCUT2D eigenvalue weighted by atomic mass is 10.1. The van der Waals surface area contributed by atoms with Gasteiger partial charge < -0.3 is 44.7 Å². The van der Waals surface area contributed by atoms with Gasteiger partial charge in [0, 0.05) is 6.42 Å². The molecule has 2 aliphatic rings. The van der Waals surface area contributed by atoms with Crippen molar-refractivity contribution in [1.82, 2.24) is 49.9 Å². The van der Waals surface area contributed by atoms with E-state index in [0.29, 0.717) is 0 Å². The Labute approximate surface area is 258 Å². The maximum Gasteiger partial charge on any atom is 0.325 e. The van der Waals surface area contributed by atoms with E-state index in [2.05, 4.69) is 52.4 Å². The van der Waals surface area contributed by atoms with Crippen LogP contribution in [0, 0.1) is 0 Å². The van der Waals surface area contributed by atoms with Crippen molar-refractivity contribution in [2.24, 2.45) is 0 Å². The molecule has 21 nitrogen and oxygen atoms in total. The van der Waals surface area contributed by atoms with Crippen molar-refractivity contribution in [2.45, 2.75) is 49.5 Å². The van der Waals surface area contributed by atoms with E-state index < -0.39 is 75.3 Å². The van der Waals surface area contributed by atoms with E-state index in [9.17, 15) is 23.9 Å². The molecule has 0 radical (unpaired) electrons. The number of halogens is 2. The number of alkyl halides is 2. The Balaban J connectivity index is 1.16. The fourth-order valence-electron chi connectivity index (χ4n) is 4.67. The normalized spacial score (nSPS) is 28.7. The third-order valence-corrected chi connectivity index (χ3v) is 9.01. The average Bonchev–Trinajstić information content (AvgIpc) is 3.72. The number of anilines is 2. The van der Waals surface area contributed by atoms with Crippen LogP contribution in [-0.2, 0) is 46.7 Å². The van der Waals surface area contributed by atoms with Crippen LogP contribution in [0.4, 0.5) is 20.5 Å². The van der Waals surface area contributed by atoms with Crippen LogP contribution in [0.15, 0.2) is 11.1 Å². The molecule has 2 saturated heterocycles. The zero-order valence-corrected chi connectivity index (χ0v) is 25.6. The van der Waals surface area contributed by atoms with Crippen LogP contribution in [0.5, 0.6) is 0 Å². The smallest absolute Gasteiger partial charge is 0.325 e. The molecule has 2 fully saturated rings. The van der Waals surface area contributed by atoms with Crippen LogP contribution in [-0.4, -0.2) is 108 Å². The first-order valence-corrected chi connectivity index (χ1v) is 17.8. The van der Waals surface area contributed by atoms with E-state index >= 15 is 4.39 Å². The third kappa shape index (κ3) is 6.57. The molecule has 4 aromatic heterocycles. The summed E-state index contributed by atoms with van der Waals surface area (Å²) in [6.45, 7) is -9.97. The highest BCUT2D eigenvalue weighted by Crippen LogP contribution is 2.51. The Morgan fingerprint density at radius 2 is 1.73 bits per heavy atom. The Kier molecular flexibility index (Phi) is 8.64. The number of hydrogen-bond donors (Lipinski definition) is 6. The summed E-state index contributed by atoms with van der Waals surface area (Å²) < 4.78 is 59.8. The van der Waals surface area contributed by atoms with Crippen LogP contribution < -0.4 is 17.0 Å². The van der Waals surface area contributed by atoms with E-state index in [0.717, 1.165) is 15.7 Å². The molecule has 0 saturated carbocycles. The number of aromatic nitrogens is 10. The Hall–Kier alpha value is -2.80. The van der Waals surface area contributed by atoms with Gasteiger partial charge in [0.2, 0.25) is 5.95 Å². The van der Waals surface area contributed by atoms with E-state index in [1.54, 1.807) is 0 Å². The van der Waals surface area contributed by atoms with Gasteiger partial charge in [-0.3, -0.25) is 14.3 Å². The van der Waals surface area contributed by atoms with Crippen LogP contribution in [0.3, 0.4) is 0 Å². The van der Waals surface area contributed by atoms with E-state index in [-0.39, 0.29) is 40.5 Å². The van der Waals surface area contributed by atoms with Crippen LogP contribution in [0.1, 0.15) is 18.9 Å². The number of hydrogen-bond acceptors (Lipinski definition) is 17. The minimum atomic E-state index is -4.38. The predicted octanol–water partition coefficient (Wildman–Crippen LogP) is -1.38. The second kappa shape index (κ2) is 12.1. The summed E-state index contributed by atoms with van der Waals surface area (Å²) in [6.07, 6.45) is -10.2. The molecule has 0 amide bonds. The maximum atomic E-state index is 15.9. The molecular formula is C18H22F2N12O9P2S2. The number of H-pyrrole nitrogens is 1. The molecule has 2 unspecified atom stereocenters. The van der Waals surface area contributed by atoms with Gasteiger partial charge in [-0.15, -0.1) is 10.2 Å². The van der Waals surface area contributed by atoms with Gasteiger partial charge in [0.15, 0.2) is 46.8 Å². The lowest BCUT2D eigenvalue weighted by molar-refractivity contribution is -0.0504. The summed E-state index contributed by atoms with van der Waals surface area (Å²) in [5.41, 5.74) is 10.5. The first kappa shape index (κ1) is 32.2. The standard InChI is InChI=1S/C18H22F2N12O9P2S2/c19-5-1-8(31-15-11(28-29-31)16(33)26-18(22)25-15)39-6(5)2-38-43(36,45)41-12-7(3-37-42(34,35)44)40-17(9(12)20)32-14-10(27-30-32)13(21)23-4-24-14/h4-9,12,17H,1-3H2,(H,36,45)(H2,21,23,24)(H2,34,35,44)(H3,22,25,26,33)/t5-,6-,7-,8-,9+,12?,17-,43?/m1/s1. The molecule has 6 heterocycles. The number of aromatic amines is 1. The van der Waals surface area contributed by atoms with Crippen molar-refractivity contribution >= 4 is 71.1 Å². The molecular weight excluding hydrogens is 692 g/mol. The molecule has 6 rings (SSSR count). The topological polar surface area (TPSA) is 292 Å². The molecule has 45 heavy (non-hydrogen) atoms. The molecule has 0 bridgehead atoms. The number of nitrogens with one attached hydrogen (secondary N) is 1. The summed E-state index contributed by atoms with van der Waals surface area (Å²) in [6, 6.07) is 0. The van der Waals surface area contributed by atoms with E-state index in [4.69, 9.17) is 46.3 Å². The summed E-state index contributed by atoms with van der Waals surface area (Å²) in [5.74, 6) is -0.258. The van der Waals surface area contributed by atoms with Crippen molar-refractivity contribution in [3.8, 4) is 0 Å². The van der Waals surface area contributed by atoms with Gasteiger partial charge in [0.25, 0.3) is 5.56 Å². The second-order valence-electron chi connectivity index (χ2n) is 9.63. The number of nitrogen functional groups attached to an aromatic ring is 2. The third-order valence-electron chi connectivity index (χ3n) is 6.65. The molecule has 244 valence electrons. The van der Waals surface area contributed by atoms with Gasteiger partial charge in [-0.2, -0.15) is 14.3 Å². The van der Waals surface area contributed by atoms with Gasteiger partial charge in [-0.1, -0.05) is 10.4 Å². The highest BCUT2D eigenvalue weighted by Gasteiger charge is 2.51. The molecule has 8 atom stereocenters. The molecule has 0 aliphatic carbocycles. The zero-order chi connectivity index (χ0) is 32.3.